The van der Waals surface area contributed by atoms with Gasteiger partial charge in [0.05, 0.1) is 6.42 Å². The molecule has 0 radical (unpaired) electrons. The zero-order valence-electron chi connectivity index (χ0n) is 12.6. The number of rotatable bonds is 4. The lowest BCUT2D eigenvalue weighted by atomic mass is 10.1. The highest BCUT2D eigenvalue weighted by molar-refractivity contribution is 5.78. The molecule has 0 aliphatic carbocycles. The van der Waals surface area contributed by atoms with Gasteiger partial charge in [-0.1, -0.05) is 35.9 Å². The van der Waals surface area contributed by atoms with Gasteiger partial charge in [0, 0.05) is 6.54 Å². The molecular formula is C18H19NO3. The number of nitrogens with one attached hydrogen (secondary N) is 1. The molecule has 22 heavy (non-hydrogen) atoms. The maximum atomic E-state index is 12.0. The van der Waals surface area contributed by atoms with Gasteiger partial charge in [0.1, 0.15) is 13.2 Å². The number of hydrogen-bond donors (Lipinski definition) is 1. The lowest BCUT2D eigenvalue weighted by Gasteiger charge is -2.19. The number of amides is 1. The third-order valence-corrected chi connectivity index (χ3v) is 3.58. The van der Waals surface area contributed by atoms with Gasteiger partial charge in [-0.15, -0.1) is 0 Å². The Labute approximate surface area is 130 Å². The van der Waals surface area contributed by atoms with Crippen molar-refractivity contribution < 1.29 is 14.3 Å². The van der Waals surface area contributed by atoms with E-state index in [9.17, 15) is 4.79 Å². The fourth-order valence-electron chi connectivity index (χ4n) is 2.35. The highest BCUT2D eigenvalue weighted by Crippen LogP contribution is 2.30. The second-order valence-electron chi connectivity index (χ2n) is 5.42. The van der Waals surface area contributed by atoms with Crippen molar-refractivity contribution in [1.82, 2.24) is 5.32 Å². The van der Waals surface area contributed by atoms with E-state index in [-0.39, 0.29) is 5.91 Å². The quantitative estimate of drug-likeness (QED) is 0.943. The van der Waals surface area contributed by atoms with E-state index < -0.39 is 0 Å². The average molecular weight is 297 g/mol. The van der Waals surface area contributed by atoms with Crippen molar-refractivity contribution in [3.63, 3.8) is 0 Å². The molecule has 0 saturated carbocycles. The molecule has 0 spiro atoms. The summed E-state index contributed by atoms with van der Waals surface area (Å²) in [6.45, 7) is 3.67. The zero-order chi connectivity index (χ0) is 15.4. The summed E-state index contributed by atoms with van der Waals surface area (Å²) in [4.78, 5) is 12.0. The predicted octanol–water partition coefficient (Wildman–Crippen LogP) is 2.63. The van der Waals surface area contributed by atoms with Crippen molar-refractivity contribution in [2.75, 3.05) is 13.2 Å². The normalized spacial score (nSPS) is 12.8. The van der Waals surface area contributed by atoms with Gasteiger partial charge in [-0.3, -0.25) is 4.79 Å². The minimum absolute atomic E-state index is 0.0127. The number of ether oxygens (including phenoxy) is 2. The van der Waals surface area contributed by atoms with Crippen LogP contribution in [0.3, 0.4) is 0 Å². The molecule has 1 heterocycles. The van der Waals surface area contributed by atoms with Gasteiger partial charge in [0.15, 0.2) is 11.5 Å². The molecule has 1 N–H and O–H groups in total. The topological polar surface area (TPSA) is 47.6 Å². The highest BCUT2D eigenvalue weighted by Gasteiger charge is 2.12. The summed E-state index contributed by atoms with van der Waals surface area (Å²) in [5.41, 5.74) is 3.22. The first kappa shape index (κ1) is 14.4. The predicted molar refractivity (Wildman–Crippen MR) is 84.2 cm³/mol. The van der Waals surface area contributed by atoms with Crippen LogP contribution in [0.2, 0.25) is 0 Å². The number of carbonyl (C=O) groups is 1. The van der Waals surface area contributed by atoms with Crippen molar-refractivity contribution in [3.05, 3.63) is 59.2 Å². The van der Waals surface area contributed by atoms with Crippen LogP contribution >= 0.6 is 0 Å². The second-order valence-corrected chi connectivity index (χ2v) is 5.42. The van der Waals surface area contributed by atoms with Crippen molar-refractivity contribution in [3.8, 4) is 11.5 Å². The van der Waals surface area contributed by atoms with E-state index in [1.165, 1.54) is 5.56 Å². The van der Waals surface area contributed by atoms with Crippen molar-refractivity contribution in [2.24, 2.45) is 0 Å². The standard InChI is InChI=1S/C18H19NO3/c1-13-2-4-14(5-3-13)11-18(20)19-12-15-6-7-16-17(10-15)22-9-8-21-16/h2-7,10H,8-9,11-12H2,1H3,(H,19,20). The molecule has 0 saturated heterocycles. The lowest BCUT2D eigenvalue weighted by Crippen LogP contribution is -2.24. The van der Waals surface area contributed by atoms with Crippen LogP contribution in [-0.2, 0) is 17.8 Å². The summed E-state index contributed by atoms with van der Waals surface area (Å²) in [5, 5.41) is 2.93. The molecule has 1 aliphatic heterocycles. The molecule has 114 valence electrons. The summed E-state index contributed by atoms with van der Waals surface area (Å²) in [5.74, 6) is 1.52. The van der Waals surface area contributed by atoms with Crippen LogP contribution in [-0.4, -0.2) is 19.1 Å². The molecule has 0 fully saturated rings. The molecule has 3 rings (SSSR count). The molecular weight excluding hydrogens is 278 g/mol. The Morgan fingerprint density at radius 3 is 2.45 bits per heavy atom. The Bertz CT molecular complexity index is 665. The fraction of sp³-hybridized carbons (Fsp3) is 0.278. The minimum atomic E-state index is 0.0127. The van der Waals surface area contributed by atoms with Gasteiger partial charge in [0.2, 0.25) is 5.91 Å². The van der Waals surface area contributed by atoms with Gasteiger partial charge >= 0.3 is 0 Å². The van der Waals surface area contributed by atoms with Crippen LogP contribution in [0, 0.1) is 6.92 Å². The Hall–Kier alpha value is -2.49. The van der Waals surface area contributed by atoms with E-state index in [2.05, 4.69) is 5.32 Å². The number of hydrogen-bond acceptors (Lipinski definition) is 3. The number of carbonyl (C=O) groups excluding carboxylic acids is 1. The molecule has 2 aromatic rings. The molecule has 4 heteroatoms. The molecule has 4 nitrogen and oxygen atoms in total. The molecule has 2 aromatic carbocycles. The summed E-state index contributed by atoms with van der Waals surface area (Å²) >= 11 is 0. The van der Waals surface area contributed by atoms with Crippen LogP contribution in [0.15, 0.2) is 42.5 Å². The fourth-order valence-corrected chi connectivity index (χ4v) is 2.35. The minimum Gasteiger partial charge on any atom is -0.486 e. The van der Waals surface area contributed by atoms with Crippen LogP contribution < -0.4 is 14.8 Å². The summed E-state index contributed by atoms with van der Waals surface area (Å²) in [6.07, 6.45) is 0.394. The van der Waals surface area contributed by atoms with Crippen LogP contribution in [0.4, 0.5) is 0 Å². The second kappa shape index (κ2) is 6.52. The van der Waals surface area contributed by atoms with Crippen molar-refractivity contribution >= 4 is 5.91 Å². The molecule has 1 aliphatic rings. The summed E-state index contributed by atoms with van der Waals surface area (Å²) < 4.78 is 11.0. The SMILES string of the molecule is Cc1ccc(CC(=O)NCc2ccc3c(c2)OCCO3)cc1. The van der Waals surface area contributed by atoms with E-state index >= 15 is 0 Å². The largest absolute Gasteiger partial charge is 0.486 e. The number of fused-ring (bicyclic) bond motifs is 1. The Kier molecular flexibility index (Phi) is 4.28. The van der Waals surface area contributed by atoms with Crippen LogP contribution in [0.1, 0.15) is 16.7 Å². The van der Waals surface area contributed by atoms with Crippen LogP contribution in [0.25, 0.3) is 0 Å². The average Bonchev–Trinajstić information content (AvgIpc) is 2.55. The van der Waals surface area contributed by atoms with Gasteiger partial charge in [-0.2, -0.15) is 0 Å². The molecule has 1 amide bonds. The Morgan fingerprint density at radius 2 is 1.68 bits per heavy atom. The maximum Gasteiger partial charge on any atom is 0.224 e. The molecule has 0 bridgehead atoms. The number of aryl methyl sites for hydroxylation is 1. The van der Waals surface area contributed by atoms with Crippen LogP contribution in [0.5, 0.6) is 11.5 Å². The number of benzene rings is 2. The molecule has 0 unspecified atom stereocenters. The van der Waals surface area contributed by atoms with E-state index in [4.69, 9.17) is 9.47 Å². The van der Waals surface area contributed by atoms with Crippen molar-refractivity contribution in [2.45, 2.75) is 19.9 Å². The smallest absolute Gasteiger partial charge is 0.224 e. The monoisotopic (exact) mass is 297 g/mol. The zero-order valence-corrected chi connectivity index (χ0v) is 12.6. The maximum absolute atomic E-state index is 12.0. The Morgan fingerprint density at radius 1 is 1.00 bits per heavy atom. The Balaban J connectivity index is 1.55. The molecule has 0 atom stereocenters. The first-order valence-electron chi connectivity index (χ1n) is 7.41. The van der Waals surface area contributed by atoms with E-state index in [1.807, 2.05) is 49.4 Å². The first-order valence-corrected chi connectivity index (χ1v) is 7.41. The van der Waals surface area contributed by atoms with Gasteiger partial charge in [0.25, 0.3) is 0 Å². The van der Waals surface area contributed by atoms with E-state index in [0.717, 1.165) is 22.6 Å². The van der Waals surface area contributed by atoms with E-state index in [1.54, 1.807) is 0 Å². The van der Waals surface area contributed by atoms with Gasteiger partial charge < -0.3 is 14.8 Å². The van der Waals surface area contributed by atoms with Crippen molar-refractivity contribution in [1.29, 1.82) is 0 Å². The lowest BCUT2D eigenvalue weighted by molar-refractivity contribution is -0.120. The summed E-state index contributed by atoms with van der Waals surface area (Å²) in [7, 11) is 0. The molecule has 0 aromatic heterocycles. The van der Waals surface area contributed by atoms with Gasteiger partial charge in [-0.05, 0) is 30.2 Å². The third-order valence-electron chi connectivity index (χ3n) is 3.58. The highest BCUT2D eigenvalue weighted by atomic mass is 16.6. The van der Waals surface area contributed by atoms with E-state index in [0.29, 0.717) is 26.2 Å². The first-order chi connectivity index (χ1) is 10.7. The third kappa shape index (κ3) is 3.58. The van der Waals surface area contributed by atoms with Gasteiger partial charge in [-0.25, -0.2) is 0 Å². The summed E-state index contributed by atoms with van der Waals surface area (Å²) in [6, 6.07) is 13.8.